The number of anilines is 1. The van der Waals surface area contributed by atoms with E-state index < -0.39 is 0 Å². The molecular formula is C19H25ClN6O2S2. The Labute approximate surface area is 189 Å². The molecule has 0 radical (unpaired) electrons. The van der Waals surface area contributed by atoms with Gasteiger partial charge in [-0.3, -0.25) is 0 Å². The molecule has 2 rings (SSSR count). The highest BCUT2D eigenvalue weighted by molar-refractivity contribution is 7.99. The van der Waals surface area contributed by atoms with Crippen molar-refractivity contribution in [3.63, 3.8) is 0 Å². The molecule has 6 N–H and O–H groups in total. The second kappa shape index (κ2) is 12.6. The number of nitriles is 1. The van der Waals surface area contributed by atoms with Gasteiger partial charge >= 0.3 is 0 Å². The number of hydrogen-bond donors (Lipinski definition) is 3. The molecule has 1 aromatic heterocycles. The first kappa shape index (κ1) is 24.3. The van der Waals surface area contributed by atoms with Gasteiger partial charge in [0.05, 0.1) is 29.5 Å². The third kappa shape index (κ3) is 8.02. The van der Waals surface area contributed by atoms with Gasteiger partial charge in [-0.05, 0) is 25.1 Å². The van der Waals surface area contributed by atoms with E-state index in [9.17, 15) is 0 Å². The van der Waals surface area contributed by atoms with E-state index in [1.54, 1.807) is 23.7 Å². The van der Waals surface area contributed by atoms with Crippen molar-refractivity contribution in [3.05, 3.63) is 46.1 Å². The van der Waals surface area contributed by atoms with Crippen LogP contribution in [0.1, 0.15) is 24.6 Å². The van der Waals surface area contributed by atoms with Gasteiger partial charge in [0.2, 0.25) is 0 Å². The van der Waals surface area contributed by atoms with E-state index in [2.05, 4.69) is 11.1 Å². The summed E-state index contributed by atoms with van der Waals surface area (Å²) in [5.74, 6) is 6.07. The van der Waals surface area contributed by atoms with E-state index in [1.807, 2.05) is 13.0 Å². The van der Waals surface area contributed by atoms with Gasteiger partial charge in [0.15, 0.2) is 5.13 Å². The van der Waals surface area contributed by atoms with Crippen molar-refractivity contribution in [1.82, 2.24) is 9.99 Å². The van der Waals surface area contributed by atoms with Crippen LogP contribution in [0.4, 0.5) is 5.13 Å². The molecule has 30 heavy (non-hydrogen) atoms. The summed E-state index contributed by atoms with van der Waals surface area (Å²) in [7, 11) is 0. The molecule has 0 saturated heterocycles. The first-order valence-electron chi connectivity index (χ1n) is 9.18. The average molecular weight is 469 g/mol. The number of thiazole rings is 1. The highest BCUT2D eigenvalue weighted by Gasteiger charge is 2.14. The van der Waals surface area contributed by atoms with Crippen molar-refractivity contribution in [3.8, 4) is 6.07 Å². The number of thioether (sulfide) groups is 1. The summed E-state index contributed by atoms with van der Waals surface area (Å²) in [5, 5.41) is 13.2. The summed E-state index contributed by atoms with van der Waals surface area (Å²) in [5.41, 5.74) is 12.9. The minimum atomic E-state index is -0.190. The monoisotopic (exact) mass is 468 g/mol. The molecular weight excluding hydrogens is 444 g/mol. The predicted octanol–water partition coefficient (Wildman–Crippen LogP) is 3.24. The smallest absolute Gasteiger partial charge is 0.180 e. The van der Waals surface area contributed by atoms with Gasteiger partial charge in [0.25, 0.3) is 0 Å². The zero-order valence-electron chi connectivity index (χ0n) is 16.6. The molecule has 162 valence electrons. The maximum atomic E-state index is 9.03. The number of nitrogen functional groups attached to an aromatic ring is 1. The molecule has 0 aliphatic heterocycles. The van der Waals surface area contributed by atoms with Crippen LogP contribution in [0.15, 0.2) is 34.7 Å². The number of rotatable bonds is 12. The van der Waals surface area contributed by atoms with Gasteiger partial charge in [0.1, 0.15) is 17.2 Å². The molecule has 0 amide bonds. The lowest BCUT2D eigenvalue weighted by molar-refractivity contribution is 0.0372. The molecule has 2 aromatic rings. The van der Waals surface area contributed by atoms with Crippen LogP contribution in [0.2, 0.25) is 5.02 Å². The highest BCUT2D eigenvalue weighted by atomic mass is 35.5. The Morgan fingerprint density at radius 3 is 2.90 bits per heavy atom. The topological polar surface area (TPSA) is 136 Å². The first-order valence-corrected chi connectivity index (χ1v) is 11.3. The van der Waals surface area contributed by atoms with Crippen LogP contribution in [-0.2, 0) is 9.47 Å². The Balaban J connectivity index is 1.98. The standard InChI is InChI=1S/C19H25ClN6O2S2/c1-2-27-7-8-28-18(30-14-4-3-13(10-21)15(20)9-14)5-6-26(24)11-16(22)17-12-29-19(23)25-17/h3-4,9,11-12,18H,2,5-8,22,24H2,1H3,(H2,23,25)/b16-11-. The molecule has 0 fully saturated rings. The second-order valence-corrected chi connectivity index (χ2v) is 8.58. The summed E-state index contributed by atoms with van der Waals surface area (Å²) < 4.78 is 11.3. The second-order valence-electron chi connectivity index (χ2n) is 6.05. The van der Waals surface area contributed by atoms with Crippen molar-refractivity contribution in [2.45, 2.75) is 23.7 Å². The molecule has 8 nitrogen and oxygen atoms in total. The number of ether oxygens (including phenoxy) is 2. The average Bonchev–Trinajstić information content (AvgIpc) is 3.16. The van der Waals surface area contributed by atoms with Crippen LogP contribution in [0, 0.1) is 11.3 Å². The lowest BCUT2D eigenvalue weighted by Gasteiger charge is -2.21. The molecule has 1 aromatic carbocycles. The third-order valence-electron chi connectivity index (χ3n) is 3.81. The van der Waals surface area contributed by atoms with Crippen molar-refractivity contribution in [2.24, 2.45) is 11.6 Å². The van der Waals surface area contributed by atoms with Crippen molar-refractivity contribution < 1.29 is 9.47 Å². The molecule has 0 saturated carbocycles. The summed E-state index contributed by atoms with van der Waals surface area (Å²) in [6.45, 7) is 4.02. The van der Waals surface area contributed by atoms with Crippen LogP contribution < -0.4 is 17.3 Å². The van der Waals surface area contributed by atoms with Gasteiger partial charge < -0.3 is 25.9 Å². The molecule has 0 aliphatic rings. The maximum absolute atomic E-state index is 9.03. The van der Waals surface area contributed by atoms with Gasteiger partial charge in [-0.1, -0.05) is 23.4 Å². The molecule has 1 heterocycles. The fourth-order valence-electron chi connectivity index (χ4n) is 2.35. The molecule has 1 atom stereocenters. The zero-order valence-corrected chi connectivity index (χ0v) is 19.0. The normalized spacial score (nSPS) is 12.5. The maximum Gasteiger partial charge on any atom is 0.180 e. The number of nitrogens with two attached hydrogens (primary N) is 3. The third-order valence-corrected chi connectivity index (χ3v) is 5.96. The van der Waals surface area contributed by atoms with Crippen LogP contribution in [0.3, 0.4) is 0 Å². The minimum Gasteiger partial charge on any atom is -0.396 e. The predicted molar refractivity (Wildman–Crippen MR) is 122 cm³/mol. The minimum absolute atomic E-state index is 0.190. The Bertz CT molecular complexity index is 886. The SMILES string of the molecule is CCOCCOC(CCN(N)/C=C(\N)c1csc(N)n1)Sc1ccc(C#N)c(Cl)c1. The van der Waals surface area contributed by atoms with E-state index in [1.165, 1.54) is 28.1 Å². The number of nitrogens with zero attached hydrogens (tertiary/aromatic N) is 3. The number of hydrazine groups is 1. The van der Waals surface area contributed by atoms with E-state index in [4.69, 9.17) is 43.6 Å². The van der Waals surface area contributed by atoms with Gasteiger partial charge in [-0.25, -0.2) is 10.8 Å². The summed E-state index contributed by atoms with van der Waals surface area (Å²) in [4.78, 5) is 5.04. The summed E-state index contributed by atoms with van der Waals surface area (Å²) >= 11 is 8.97. The lowest BCUT2D eigenvalue weighted by Crippen LogP contribution is -2.30. The van der Waals surface area contributed by atoms with Crippen LogP contribution in [0.5, 0.6) is 0 Å². The van der Waals surface area contributed by atoms with Crippen LogP contribution in [-0.4, -0.2) is 41.8 Å². The molecule has 0 aliphatic carbocycles. The van der Waals surface area contributed by atoms with Crippen LogP contribution in [0.25, 0.3) is 5.70 Å². The largest absolute Gasteiger partial charge is 0.396 e. The lowest BCUT2D eigenvalue weighted by atomic mass is 10.2. The van der Waals surface area contributed by atoms with Crippen LogP contribution >= 0.6 is 34.7 Å². The molecule has 11 heteroatoms. The van der Waals surface area contributed by atoms with Crippen molar-refractivity contribution in [2.75, 3.05) is 32.1 Å². The number of benzene rings is 1. The first-order chi connectivity index (χ1) is 14.4. The Morgan fingerprint density at radius 2 is 2.27 bits per heavy atom. The van der Waals surface area contributed by atoms with E-state index >= 15 is 0 Å². The zero-order chi connectivity index (χ0) is 21.9. The number of halogens is 1. The van der Waals surface area contributed by atoms with E-state index in [0.717, 1.165) is 4.90 Å². The van der Waals surface area contributed by atoms with Gasteiger partial charge in [-0.2, -0.15) is 5.26 Å². The van der Waals surface area contributed by atoms with E-state index in [0.29, 0.717) is 59.9 Å². The molecule has 0 spiro atoms. The summed E-state index contributed by atoms with van der Waals surface area (Å²) in [6.07, 6.45) is 2.24. The molecule has 1 unspecified atom stereocenters. The quantitative estimate of drug-likeness (QED) is 0.141. The fraction of sp³-hybridized carbons (Fsp3) is 0.368. The number of aromatic nitrogens is 1. The summed E-state index contributed by atoms with van der Waals surface area (Å²) in [6, 6.07) is 7.35. The van der Waals surface area contributed by atoms with Crippen molar-refractivity contribution in [1.29, 1.82) is 5.26 Å². The highest BCUT2D eigenvalue weighted by Crippen LogP contribution is 2.30. The van der Waals surface area contributed by atoms with Gasteiger partial charge in [-0.15, -0.1) is 11.3 Å². The Hall–Kier alpha value is -2.00. The van der Waals surface area contributed by atoms with Gasteiger partial charge in [0, 0.05) is 36.0 Å². The van der Waals surface area contributed by atoms with Crippen molar-refractivity contribution >= 4 is 45.5 Å². The molecule has 0 bridgehead atoms. The Kier molecular flexibility index (Phi) is 10.2. The Morgan fingerprint density at radius 1 is 1.47 bits per heavy atom. The fourth-order valence-corrected chi connectivity index (χ4v) is 4.24. The van der Waals surface area contributed by atoms with E-state index in [-0.39, 0.29) is 5.44 Å². The number of hydrogen-bond acceptors (Lipinski definition) is 10.